The first kappa shape index (κ1) is 24.2. The Balaban J connectivity index is 1.12. The molecule has 2 fully saturated rings. The molecule has 2 aliphatic rings. The van der Waals surface area contributed by atoms with Crippen LogP contribution in [0, 0.1) is 25.2 Å². The van der Waals surface area contributed by atoms with Gasteiger partial charge in [-0.25, -0.2) is 0 Å². The van der Waals surface area contributed by atoms with Crippen LogP contribution in [-0.4, -0.2) is 51.9 Å². The molecule has 1 saturated heterocycles. The maximum Gasteiger partial charge on any atom is 0.226 e. The molecular weight excluding hydrogens is 452 g/mol. The SMILES string of the molecule is Cc1noc(C)c1CCC(=O)N1CCC2(CC1)CC2C(=O)N(C)Cc1cccc(-c2ccncc2)c1. The largest absolute Gasteiger partial charge is 0.361 e. The standard InChI is InChI=1S/C29H34N4O3/c1-20-25(21(2)36-31-20)7-8-27(34)33-15-11-29(12-16-33)18-26(29)28(35)32(3)19-22-5-4-6-24(17-22)23-9-13-30-14-10-23/h4-6,9-10,13-14,17,26H,7-8,11-12,15-16,18-19H2,1-3H3. The first-order chi connectivity index (χ1) is 17.4. The quantitative estimate of drug-likeness (QED) is 0.489. The number of hydrogen-bond acceptors (Lipinski definition) is 5. The molecule has 1 spiro atoms. The highest BCUT2D eigenvalue weighted by Gasteiger charge is 2.59. The van der Waals surface area contributed by atoms with E-state index in [1.54, 1.807) is 12.4 Å². The fourth-order valence-electron chi connectivity index (χ4n) is 5.71. The summed E-state index contributed by atoms with van der Waals surface area (Å²) < 4.78 is 5.21. The summed E-state index contributed by atoms with van der Waals surface area (Å²) >= 11 is 0. The van der Waals surface area contributed by atoms with E-state index in [9.17, 15) is 9.59 Å². The minimum absolute atomic E-state index is 0.0721. The Morgan fingerprint density at radius 2 is 1.86 bits per heavy atom. The second-order valence-electron chi connectivity index (χ2n) is 10.4. The van der Waals surface area contributed by atoms with Crippen LogP contribution in [0.4, 0.5) is 0 Å². The number of aryl methyl sites for hydroxylation is 2. The highest BCUT2D eigenvalue weighted by molar-refractivity contribution is 5.83. The van der Waals surface area contributed by atoms with E-state index in [0.29, 0.717) is 19.4 Å². The molecule has 3 heterocycles. The van der Waals surface area contributed by atoms with E-state index in [2.05, 4.69) is 28.3 Å². The molecule has 1 unspecified atom stereocenters. The molecule has 1 aromatic carbocycles. The molecule has 2 aromatic heterocycles. The number of piperidine rings is 1. The van der Waals surface area contributed by atoms with Crippen LogP contribution in [0.1, 0.15) is 48.3 Å². The van der Waals surface area contributed by atoms with Crippen molar-refractivity contribution in [2.45, 2.75) is 52.5 Å². The van der Waals surface area contributed by atoms with Gasteiger partial charge in [0, 0.05) is 57.0 Å². The van der Waals surface area contributed by atoms with Gasteiger partial charge in [0.05, 0.1) is 5.69 Å². The molecule has 7 heteroatoms. The normalized spacial score (nSPS) is 18.3. The van der Waals surface area contributed by atoms with Crippen molar-refractivity contribution in [1.29, 1.82) is 0 Å². The number of pyridine rings is 1. The summed E-state index contributed by atoms with van der Waals surface area (Å²) in [4.78, 5) is 34.0. The van der Waals surface area contributed by atoms with E-state index >= 15 is 0 Å². The molecule has 0 N–H and O–H groups in total. The van der Waals surface area contributed by atoms with E-state index in [1.165, 1.54) is 0 Å². The van der Waals surface area contributed by atoms with E-state index in [4.69, 9.17) is 4.52 Å². The summed E-state index contributed by atoms with van der Waals surface area (Å²) in [5.74, 6) is 1.28. The van der Waals surface area contributed by atoms with Crippen molar-refractivity contribution in [2.24, 2.45) is 11.3 Å². The first-order valence-electron chi connectivity index (χ1n) is 12.8. The summed E-state index contributed by atoms with van der Waals surface area (Å²) in [5, 5.41) is 3.98. The number of carbonyl (C=O) groups excluding carboxylic acids is 2. The number of amides is 2. The maximum absolute atomic E-state index is 13.3. The van der Waals surface area contributed by atoms with E-state index in [1.807, 2.05) is 48.9 Å². The molecule has 188 valence electrons. The van der Waals surface area contributed by atoms with Gasteiger partial charge in [-0.2, -0.15) is 0 Å². The minimum Gasteiger partial charge on any atom is -0.361 e. The van der Waals surface area contributed by atoms with Crippen LogP contribution in [-0.2, 0) is 22.6 Å². The predicted molar refractivity (Wildman–Crippen MR) is 137 cm³/mol. The third-order valence-electron chi connectivity index (χ3n) is 8.11. The molecule has 1 saturated carbocycles. The van der Waals surface area contributed by atoms with Crippen molar-refractivity contribution in [3.63, 3.8) is 0 Å². The Morgan fingerprint density at radius 1 is 1.11 bits per heavy atom. The second kappa shape index (κ2) is 9.88. The lowest BCUT2D eigenvalue weighted by Crippen LogP contribution is -2.40. The fraction of sp³-hybridized carbons (Fsp3) is 0.448. The molecule has 5 rings (SSSR count). The first-order valence-corrected chi connectivity index (χ1v) is 12.8. The summed E-state index contributed by atoms with van der Waals surface area (Å²) in [6.45, 7) is 5.88. The van der Waals surface area contributed by atoms with Crippen molar-refractivity contribution >= 4 is 11.8 Å². The molecule has 1 aliphatic heterocycles. The number of aromatic nitrogens is 2. The van der Waals surface area contributed by atoms with Crippen molar-refractivity contribution in [1.82, 2.24) is 19.9 Å². The number of benzene rings is 1. The van der Waals surface area contributed by atoms with Gasteiger partial charge in [0.25, 0.3) is 0 Å². The Bertz CT molecular complexity index is 1220. The summed E-state index contributed by atoms with van der Waals surface area (Å²) in [6.07, 6.45) is 7.48. The third kappa shape index (κ3) is 4.92. The molecule has 0 bridgehead atoms. The zero-order valence-corrected chi connectivity index (χ0v) is 21.4. The summed E-state index contributed by atoms with van der Waals surface area (Å²) in [5.41, 5.74) is 5.35. The average Bonchev–Trinajstić information content (AvgIpc) is 3.50. The van der Waals surface area contributed by atoms with Crippen molar-refractivity contribution in [3.05, 3.63) is 71.4 Å². The zero-order valence-electron chi connectivity index (χ0n) is 21.4. The number of rotatable bonds is 7. The monoisotopic (exact) mass is 486 g/mol. The van der Waals surface area contributed by atoms with Crippen molar-refractivity contribution in [3.8, 4) is 11.1 Å². The van der Waals surface area contributed by atoms with E-state index in [0.717, 1.165) is 66.1 Å². The Hall–Kier alpha value is -3.48. The average molecular weight is 487 g/mol. The molecule has 7 nitrogen and oxygen atoms in total. The van der Waals surface area contributed by atoms with Crippen LogP contribution in [0.5, 0.6) is 0 Å². The molecule has 0 radical (unpaired) electrons. The van der Waals surface area contributed by atoms with Gasteiger partial charge in [-0.3, -0.25) is 14.6 Å². The van der Waals surface area contributed by atoms with Crippen LogP contribution in [0.3, 0.4) is 0 Å². The van der Waals surface area contributed by atoms with Crippen LogP contribution in [0.15, 0.2) is 53.3 Å². The lowest BCUT2D eigenvalue weighted by atomic mass is 9.90. The highest BCUT2D eigenvalue weighted by atomic mass is 16.5. The molecular formula is C29H34N4O3. The van der Waals surface area contributed by atoms with Crippen LogP contribution in [0.25, 0.3) is 11.1 Å². The van der Waals surface area contributed by atoms with Crippen molar-refractivity contribution in [2.75, 3.05) is 20.1 Å². The predicted octanol–water partition coefficient (Wildman–Crippen LogP) is 4.57. The lowest BCUT2D eigenvalue weighted by Gasteiger charge is -2.33. The Morgan fingerprint density at radius 3 is 2.56 bits per heavy atom. The third-order valence-corrected chi connectivity index (χ3v) is 8.11. The summed E-state index contributed by atoms with van der Waals surface area (Å²) in [6, 6.07) is 12.3. The zero-order chi connectivity index (χ0) is 25.3. The fourth-order valence-corrected chi connectivity index (χ4v) is 5.71. The van der Waals surface area contributed by atoms with Gasteiger partial charge in [-0.15, -0.1) is 0 Å². The van der Waals surface area contributed by atoms with Gasteiger partial charge < -0.3 is 14.3 Å². The number of hydrogen-bond donors (Lipinski definition) is 0. The topological polar surface area (TPSA) is 79.5 Å². The van der Waals surface area contributed by atoms with Gasteiger partial charge in [0.1, 0.15) is 5.76 Å². The molecule has 36 heavy (non-hydrogen) atoms. The number of likely N-dealkylation sites (tertiary alicyclic amines) is 1. The number of carbonyl (C=O) groups is 2. The highest BCUT2D eigenvalue weighted by Crippen LogP contribution is 2.60. The molecule has 1 atom stereocenters. The van der Waals surface area contributed by atoms with E-state index in [-0.39, 0.29) is 23.1 Å². The van der Waals surface area contributed by atoms with Crippen LogP contribution >= 0.6 is 0 Å². The Labute approximate surface area is 212 Å². The van der Waals surface area contributed by atoms with Crippen LogP contribution < -0.4 is 0 Å². The van der Waals surface area contributed by atoms with E-state index < -0.39 is 0 Å². The van der Waals surface area contributed by atoms with Crippen LogP contribution in [0.2, 0.25) is 0 Å². The van der Waals surface area contributed by atoms with Gasteiger partial charge >= 0.3 is 0 Å². The molecule has 3 aromatic rings. The maximum atomic E-state index is 13.3. The minimum atomic E-state index is 0.0721. The number of nitrogens with zero attached hydrogens (tertiary/aromatic N) is 4. The molecule has 1 aliphatic carbocycles. The smallest absolute Gasteiger partial charge is 0.226 e. The van der Waals surface area contributed by atoms with Gasteiger partial charge in [-0.05, 0) is 79.8 Å². The van der Waals surface area contributed by atoms with Gasteiger partial charge in [0.2, 0.25) is 11.8 Å². The Kier molecular flexibility index (Phi) is 6.65. The lowest BCUT2D eigenvalue weighted by molar-refractivity contribution is -0.134. The molecule has 2 amide bonds. The van der Waals surface area contributed by atoms with Gasteiger partial charge in [0.15, 0.2) is 0 Å². The van der Waals surface area contributed by atoms with Crippen molar-refractivity contribution < 1.29 is 14.1 Å². The van der Waals surface area contributed by atoms with Gasteiger partial charge in [-0.1, -0.05) is 23.4 Å². The summed E-state index contributed by atoms with van der Waals surface area (Å²) in [7, 11) is 1.90. The second-order valence-corrected chi connectivity index (χ2v) is 10.4.